The van der Waals surface area contributed by atoms with Gasteiger partial charge in [0.1, 0.15) is 0 Å². The van der Waals surface area contributed by atoms with Crippen LogP contribution in [-0.4, -0.2) is 81.9 Å². The minimum absolute atomic E-state index is 0.0317. The lowest BCUT2D eigenvalue weighted by atomic mass is 9.64. The number of rotatable bonds is 6. The molecule has 0 bridgehead atoms. The molecule has 2 atom stereocenters. The molecule has 1 saturated heterocycles. The second-order valence-corrected chi connectivity index (χ2v) is 10.1. The molecule has 7 nitrogen and oxygen atoms in total. The first-order chi connectivity index (χ1) is 11.3. The molecule has 1 aliphatic carbocycles. The maximum atomic E-state index is 12.3. The highest BCUT2D eigenvalue weighted by Crippen LogP contribution is 2.42. The third-order valence-electron chi connectivity index (χ3n) is 5.01. The zero-order valence-electron chi connectivity index (χ0n) is 15.0. The summed E-state index contributed by atoms with van der Waals surface area (Å²) in [6, 6.07) is 0.268. The Hall–Kier alpha value is -0.510. The van der Waals surface area contributed by atoms with Crippen molar-refractivity contribution in [2.45, 2.75) is 32.4 Å². The molecule has 1 heterocycles. The zero-order valence-corrected chi connectivity index (χ0v) is 16.7. The summed E-state index contributed by atoms with van der Waals surface area (Å²) in [5, 5.41) is 6.49. The molecule has 0 spiro atoms. The lowest BCUT2D eigenvalue weighted by Gasteiger charge is -2.51. The van der Waals surface area contributed by atoms with Crippen molar-refractivity contribution in [1.29, 1.82) is 0 Å². The average molecular weight is 379 g/mol. The van der Waals surface area contributed by atoms with Gasteiger partial charge in [-0.15, -0.1) is 0 Å². The molecule has 2 N–H and O–H groups in total. The maximum Gasteiger partial charge on any atom is 0.215 e. The van der Waals surface area contributed by atoms with Gasteiger partial charge >= 0.3 is 0 Å². The predicted molar refractivity (Wildman–Crippen MR) is 100 cm³/mol. The molecule has 0 aromatic heterocycles. The minimum Gasteiger partial charge on any atom is -0.381 e. The van der Waals surface area contributed by atoms with Gasteiger partial charge < -0.3 is 15.4 Å². The third-order valence-corrected chi connectivity index (χ3v) is 7.83. The SMILES string of the molecule is CN=C(NCCS(=O)(=O)N1CCSCC1)NC1CC(OC)C1(C)C. The number of hydrogen-bond acceptors (Lipinski definition) is 5. The Balaban J connectivity index is 1.78. The number of nitrogens with one attached hydrogen (secondary N) is 2. The van der Waals surface area contributed by atoms with Gasteiger partial charge in [0.05, 0.1) is 11.9 Å². The fraction of sp³-hybridized carbons (Fsp3) is 0.933. The van der Waals surface area contributed by atoms with Gasteiger partial charge in [-0.2, -0.15) is 11.8 Å². The maximum absolute atomic E-state index is 12.3. The lowest BCUT2D eigenvalue weighted by Crippen LogP contribution is -2.63. The van der Waals surface area contributed by atoms with Crippen molar-refractivity contribution in [3.63, 3.8) is 0 Å². The van der Waals surface area contributed by atoms with Crippen LogP contribution in [0.1, 0.15) is 20.3 Å². The Morgan fingerprint density at radius 2 is 2.04 bits per heavy atom. The Labute approximate surface area is 150 Å². The number of guanidine groups is 1. The zero-order chi connectivity index (χ0) is 17.8. The van der Waals surface area contributed by atoms with E-state index in [1.54, 1.807) is 30.2 Å². The van der Waals surface area contributed by atoms with Gasteiger partial charge in [0.25, 0.3) is 0 Å². The summed E-state index contributed by atoms with van der Waals surface area (Å²) in [7, 11) is 0.247. The first kappa shape index (κ1) is 19.8. The standard InChI is InChI=1S/C15H30N4O3S2/c1-15(2)12(11-13(15)22-4)18-14(16-3)17-5-10-24(20,21)19-6-8-23-9-7-19/h12-13H,5-11H2,1-4H3,(H2,16,17,18). The number of hydrogen-bond donors (Lipinski definition) is 2. The van der Waals surface area contributed by atoms with E-state index in [-0.39, 0.29) is 23.3 Å². The number of methoxy groups -OCH3 is 1. The van der Waals surface area contributed by atoms with E-state index in [0.29, 0.717) is 25.6 Å². The first-order valence-corrected chi connectivity index (χ1v) is 11.1. The Morgan fingerprint density at radius 1 is 1.38 bits per heavy atom. The summed E-state index contributed by atoms with van der Waals surface area (Å²) < 4.78 is 31.7. The van der Waals surface area contributed by atoms with E-state index in [2.05, 4.69) is 29.5 Å². The van der Waals surface area contributed by atoms with Gasteiger partial charge in [-0.25, -0.2) is 12.7 Å². The van der Waals surface area contributed by atoms with E-state index in [1.807, 2.05) is 0 Å². The second kappa shape index (κ2) is 8.25. The van der Waals surface area contributed by atoms with E-state index in [0.717, 1.165) is 17.9 Å². The van der Waals surface area contributed by atoms with Crippen molar-refractivity contribution in [1.82, 2.24) is 14.9 Å². The highest BCUT2D eigenvalue weighted by molar-refractivity contribution is 7.99. The number of ether oxygens (including phenoxy) is 1. The van der Waals surface area contributed by atoms with Crippen LogP contribution in [0.25, 0.3) is 0 Å². The third kappa shape index (κ3) is 4.56. The quantitative estimate of drug-likeness (QED) is 0.512. The molecule has 0 aromatic carbocycles. The number of nitrogens with zero attached hydrogens (tertiary/aromatic N) is 2. The van der Waals surface area contributed by atoms with E-state index in [1.165, 1.54) is 0 Å². The summed E-state index contributed by atoms with van der Waals surface area (Å²) in [5.74, 6) is 2.50. The highest BCUT2D eigenvalue weighted by Gasteiger charge is 2.48. The molecule has 0 radical (unpaired) electrons. The molecule has 2 fully saturated rings. The number of sulfonamides is 1. The molecule has 140 valence electrons. The highest BCUT2D eigenvalue weighted by atomic mass is 32.2. The molecule has 9 heteroatoms. The van der Waals surface area contributed by atoms with Crippen LogP contribution < -0.4 is 10.6 Å². The van der Waals surface area contributed by atoms with Crippen molar-refractivity contribution >= 4 is 27.7 Å². The van der Waals surface area contributed by atoms with Crippen LogP contribution >= 0.6 is 11.8 Å². The fourth-order valence-corrected chi connectivity index (χ4v) is 5.63. The first-order valence-electron chi connectivity index (χ1n) is 8.37. The molecular weight excluding hydrogens is 348 g/mol. The molecule has 0 aromatic rings. The van der Waals surface area contributed by atoms with E-state index in [4.69, 9.17) is 4.74 Å². The molecule has 2 unspecified atom stereocenters. The van der Waals surface area contributed by atoms with Crippen LogP contribution in [0.15, 0.2) is 4.99 Å². The van der Waals surface area contributed by atoms with Crippen molar-refractivity contribution in [2.75, 3.05) is 51.1 Å². The predicted octanol–water partition coefficient (Wildman–Crippen LogP) is 0.344. The summed E-state index contributed by atoms with van der Waals surface area (Å²) >= 11 is 1.80. The fourth-order valence-electron chi connectivity index (χ4n) is 3.14. The number of thioether (sulfide) groups is 1. The van der Waals surface area contributed by atoms with Crippen LogP contribution in [0.3, 0.4) is 0 Å². The average Bonchev–Trinajstić information content (AvgIpc) is 2.57. The smallest absolute Gasteiger partial charge is 0.215 e. The van der Waals surface area contributed by atoms with E-state index in [9.17, 15) is 8.42 Å². The summed E-state index contributed by atoms with van der Waals surface area (Å²) in [5.41, 5.74) is 0.0317. The molecular formula is C15H30N4O3S2. The largest absolute Gasteiger partial charge is 0.381 e. The van der Waals surface area contributed by atoms with Crippen LogP contribution in [0, 0.1) is 5.41 Å². The lowest BCUT2D eigenvalue weighted by molar-refractivity contribution is -0.0922. The number of aliphatic imine (C=N–C) groups is 1. The van der Waals surface area contributed by atoms with Gasteiger partial charge in [0.15, 0.2) is 5.96 Å². The van der Waals surface area contributed by atoms with Gasteiger partial charge in [0.2, 0.25) is 10.0 Å². The van der Waals surface area contributed by atoms with E-state index >= 15 is 0 Å². The van der Waals surface area contributed by atoms with E-state index < -0.39 is 10.0 Å². The van der Waals surface area contributed by atoms with Crippen LogP contribution in [0.5, 0.6) is 0 Å². The van der Waals surface area contributed by atoms with Crippen LogP contribution in [-0.2, 0) is 14.8 Å². The van der Waals surface area contributed by atoms with Gasteiger partial charge in [0, 0.05) is 56.8 Å². The van der Waals surface area contributed by atoms with Crippen molar-refractivity contribution < 1.29 is 13.2 Å². The molecule has 2 aliphatic rings. The Bertz CT molecular complexity index is 545. The molecule has 24 heavy (non-hydrogen) atoms. The van der Waals surface area contributed by atoms with Gasteiger partial charge in [-0.1, -0.05) is 13.8 Å². The van der Waals surface area contributed by atoms with Crippen LogP contribution in [0.2, 0.25) is 0 Å². The normalized spacial score (nSPS) is 28.2. The summed E-state index contributed by atoms with van der Waals surface area (Å²) in [6.07, 6.45) is 1.17. The summed E-state index contributed by atoms with van der Waals surface area (Å²) in [6.45, 7) is 5.92. The van der Waals surface area contributed by atoms with Crippen molar-refractivity contribution in [3.8, 4) is 0 Å². The summed E-state index contributed by atoms with van der Waals surface area (Å²) in [4.78, 5) is 4.20. The van der Waals surface area contributed by atoms with Gasteiger partial charge in [-0.3, -0.25) is 4.99 Å². The minimum atomic E-state index is -3.19. The van der Waals surface area contributed by atoms with Crippen molar-refractivity contribution in [3.05, 3.63) is 0 Å². The topological polar surface area (TPSA) is 83.0 Å². The monoisotopic (exact) mass is 378 g/mol. The molecule has 1 aliphatic heterocycles. The van der Waals surface area contributed by atoms with Crippen molar-refractivity contribution in [2.24, 2.45) is 10.4 Å². The Morgan fingerprint density at radius 3 is 2.58 bits per heavy atom. The molecule has 2 rings (SSSR count). The molecule has 0 amide bonds. The van der Waals surface area contributed by atoms with Gasteiger partial charge in [-0.05, 0) is 6.42 Å². The second-order valence-electron chi connectivity index (χ2n) is 6.80. The Kier molecular flexibility index (Phi) is 6.81. The molecule has 1 saturated carbocycles. The van der Waals surface area contributed by atoms with Crippen LogP contribution in [0.4, 0.5) is 0 Å².